The van der Waals surface area contributed by atoms with Gasteiger partial charge in [-0.15, -0.1) is 0 Å². The molecule has 5 heteroatoms. The van der Waals surface area contributed by atoms with Crippen LogP contribution in [0.25, 0.3) is 0 Å². The summed E-state index contributed by atoms with van der Waals surface area (Å²) in [7, 11) is 0. The largest absolute Gasteiger partial charge is 0.444 e. The minimum absolute atomic E-state index is 0.00481. The molecule has 2 N–H and O–H groups in total. The molecule has 0 aromatic rings. The second-order valence-electron chi connectivity index (χ2n) is 6.42. The average Bonchev–Trinajstić information content (AvgIpc) is 2.58. The van der Waals surface area contributed by atoms with Crippen molar-refractivity contribution in [3.05, 3.63) is 0 Å². The molecule has 1 atom stereocenters. The first kappa shape index (κ1) is 13.6. The fraction of sp³-hybridized carbons (Fsp3) is 0.923. The van der Waals surface area contributed by atoms with Gasteiger partial charge in [-0.05, 0) is 33.6 Å². The summed E-state index contributed by atoms with van der Waals surface area (Å²) in [5.41, 5.74) is 5.51. The molecule has 2 aliphatic heterocycles. The molecular weight excluding hydrogens is 230 g/mol. The molecule has 0 bridgehead atoms. The van der Waals surface area contributed by atoms with Crippen molar-refractivity contribution in [2.75, 3.05) is 32.7 Å². The highest BCUT2D eigenvalue weighted by Crippen LogP contribution is 2.31. The van der Waals surface area contributed by atoms with E-state index >= 15 is 0 Å². The van der Waals surface area contributed by atoms with Crippen molar-refractivity contribution in [3.8, 4) is 0 Å². The molecule has 2 rings (SSSR count). The van der Waals surface area contributed by atoms with Gasteiger partial charge in [0.2, 0.25) is 0 Å². The van der Waals surface area contributed by atoms with Crippen molar-refractivity contribution in [1.29, 1.82) is 0 Å². The SMILES string of the molecule is CC(C)(C)OC(=O)N1CCC(CN)(N2CCC2)C1. The number of nitrogens with zero attached hydrogens (tertiary/aromatic N) is 2. The quantitative estimate of drug-likeness (QED) is 0.800. The van der Waals surface area contributed by atoms with Gasteiger partial charge < -0.3 is 15.4 Å². The number of rotatable bonds is 2. The van der Waals surface area contributed by atoms with E-state index in [1.165, 1.54) is 6.42 Å². The fourth-order valence-corrected chi connectivity index (χ4v) is 2.68. The van der Waals surface area contributed by atoms with Crippen molar-refractivity contribution in [2.45, 2.75) is 44.8 Å². The molecule has 0 spiro atoms. The zero-order chi connectivity index (χ0) is 13.4. The standard InChI is InChI=1S/C13H25N3O2/c1-12(2,3)18-11(17)15-8-5-13(9-14,10-15)16-6-4-7-16/h4-10,14H2,1-3H3. The van der Waals surface area contributed by atoms with E-state index in [-0.39, 0.29) is 11.6 Å². The normalized spacial score (nSPS) is 29.2. The first-order valence-electron chi connectivity index (χ1n) is 6.79. The topological polar surface area (TPSA) is 58.8 Å². The van der Waals surface area contributed by atoms with Gasteiger partial charge >= 0.3 is 6.09 Å². The first-order valence-corrected chi connectivity index (χ1v) is 6.79. The number of nitrogens with two attached hydrogens (primary N) is 1. The maximum absolute atomic E-state index is 12.0. The van der Waals surface area contributed by atoms with Gasteiger partial charge in [0.1, 0.15) is 5.60 Å². The number of hydrogen-bond donors (Lipinski definition) is 1. The summed E-state index contributed by atoms with van der Waals surface area (Å²) in [5.74, 6) is 0. The maximum atomic E-state index is 12.0. The lowest BCUT2D eigenvalue weighted by Crippen LogP contribution is -2.60. The third-order valence-corrected chi connectivity index (χ3v) is 3.89. The van der Waals surface area contributed by atoms with E-state index in [9.17, 15) is 4.79 Å². The minimum atomic E-state index is -0.429. The highest BCUT2D eigenvalue weighted by Gasteiger charge is 2.46. The number of ether oxygens (including phenoxy) is 1. The van der Waals surface area contributed by atoms with E-state index in [1.54, 1.807) is 4.90 Å². The zero-order valence-electron chi connectivity index (χ0n) is 11.7. The fourth-order valence-electron chi connectivity index (χ4n) is 2.68. The van der Waals surface area contributed by atoms with Gasteiger partial charge in [-0.25, -0.2) is 4.79 Å². The van der Waals surface area contributed by atoms with Crippen LogP contribution in [-0.2, 0) is 4.74 Å². The van der Waals surface area contributed by atoms with Crippen LogP contribution in [0, 0.1) is 0 Å². The minimum Gasteiger partial charge on any atom is -0.444 e. The number of hydrogen-bond acceptors (Lipinski definition) is 4. The number of amides is 1. The van der Waals surface area contributed by atoms with Crippen molar-refractivity contribution in [2.24, 2.45) is 5.73 Å². The Hall–Kier alpha value is -0.810. The van der Waals surface area contributed by atoms with Gasteiger partial charge in [0, 0.05) is 32.7 Å². The van der Waals surface area contributed by atoms with E-state index < -0.39 is 5.60 Å². The van der Waals surface area contributed by atoms with Crippen LogP contribution in [0.15, 0.2) is 0 Å². The van der Waals surface area contributed by atoms with Crippen molar-refractivity contribution < 1.29 is 9.53 Å². The van der Waals surface area contributed by atoms with Crippen LogP contribution in [-0.4, -0.2) is 59.8 Å². The second-order valence-corrected chi connectivity index (χ2v) is 6.42. The van der Waals surface area contributed by atoms with Crippen LogP contribution in [0.3, 0.4) is 0 Å². The van der Waals surface area contributed by atoms with Crippen LogP contribution in [0.1, 0.15) is 33.6 Å². The van der Waals surface area contributed by atoms with Crippen LogP contribution in [0.5, 0.6) is 0 Å². The highest BCUT2D eigenvalue weighted by atomic mass is 16.6. The van der Waals surface area contributed by atoms with E-state index in [4.69, 9.17) is 10.5 Å². The predicted octanol–water partition coefficient (Wildman–Crippen LogP) is 1.03. The molecule has 2 fully saturated rings. The van der Waals surface area contributed by atoms with Gasteiger partial charge in [0.15, 0.2) is 0 Å². The smallest absolute Gasteiger partial charge is 0.410 e. The van der Waals surface area contributed by atoms with Crippen LogP contribution in [0.4, 0.5) is 4.79 Å². The van der Waals surface area contributed by atoms with Gasteiger partial charge in [0.25, 0.3) is 0 Å². The Morgan fingerprint density at radius 3 is 2.44 bits per heavy atom. The molecule has 0 aromatic carbocycles. The van der Waals surface area contributed by atoms with Crippen LogP contribution >= 0.6 is 0 Å². The lowest BCUT2D eigenvalue weighted by molar-refractivity contribution is 0.0158. The van der Waals surface area contributed by atoms with Crippen LogP contribution in [0.2, 0.25) is 0 Å². The summed E-state index contributed by atoms with van der Waals surface area (Å²) in [4.78, 5) is 16.3. The second kappa shape index (κ2) is 4.70. The summed E-state index contributed by atoms with van der Waals surface area (Å²) in [6.45, 7) is 9.98. The van der Waals surface area contributed by atoms with Gasteiger partial charge in [0.05, 0.1) is 5.54 Å². The maximum Gasteiger partial charge on any atom is 0.410 e. The number of likely N-dealkylation sites (tertiary alicyclic amines) is 2. The molecule has 1 unspecified atom stereocenters. The van der Waals surface area contributed by atoms with Crippen molar-refractivity contribution in [3.63, 3.8) is 0 Å². The van der Waals surface area contributed by atoms with Gasteiger partial charge in [-0.2, -0.15) is 0 Å². The molecule has 2 saturated heterocycles. The van der Waals surface area contributed by atoms with E-state index in [0.717, 1.165) is 26.1 Å². The van der Waals surface area contributed by atoms with Gasteiger partial charge in [-0.1, -0.05) is 0 Å². The highest BCUT2D eigenvalue weighted by molar-refractivity contribution is 5.68. The van der Waals surface area contributed by atoms with E-state index in [0.29, 0.717) is 13.1 Å². The number of carbonyl (C=O) groups is 1. The Labute approximate surface area is 109 Å². The molecule has 1 amide bonds. The molecule has 0 aliphatic carbocycles. The third kappa shape index (κ3) is 2.62. The molecule has 5 nitrogen and oxygen atoms in total. The summed E-state index contributed by atoms with van der Waals surface area (Å²) >= 11 is 0. The monoisotopic (exact) mass is 255 g/mol. The van der Waals surface area contributed by atoms with Gasteiger partial charge in [-0.3, -0.25) is 4.90 Å². The van der Waals surface area contributed by atoms with Crippen LogP contribution < -0.4 is 5.73 Å². The molecule has 18 heavy (non-hydrogen) atoms. The van der Waals surface area contributed by atoms with Crippen molar-refractivity contribution >= 4 is 6.09 Å². The summed E-state index contributed by atoms with van der Waals surface area (Å²) in [5, 5.41) is 0. The Morgan fingerprint density at radius 2 is 2.00 bits per heavy atom. The molecule has 0 radical (unpaired) electrons. The summed E-state index contributed by atoms with van der Waals surface area (Å²) in [6.07, 6.45) is 2.00. The molecular formula is C13H25N3O2. The lowest BCUT2D eigenvalue weighted by atomic mass is 9.92. The number of carbonyl (C=O) groups excluding carboxylic acids is 1. The predicted molar refractivity (Wildman–Crippen MR) is 70.4 cm³/mol. The lowest BCUT2D eigenvalue weighted by Gasteiger charge is -2.46. The molecule has 0 saturated carbocycles. The first-order chi connectivity index (χ1) is 8.36. The van der Waals surface area contributed by atoms with Crippen molar-refractivity contribution in [1.82, 2.24) is 9.80 Å². The molecule has 0 aromatic heterocycles. The summed E-state index contributed by atoms with van der Waals surface area (Å²) < 4.78 is 5.42. The molecule has 104 valence electrons. The zero-order valence-corrected chi connectivity index (χ0v) is 11.7. The van der Waals surface area contributed by atoms with E-state index in [2.05, 4.69) is 4.90 Å². The Balaban J connectivity index is 1.96. The Bertz CT molecular complexity index is 323. The summed E-state index contributed by atoms with van der Waals surface area (Å²) in [6, 6.07) is 0. The molecule has 2 heterocycles. The molecule has 2 aliphatic rings. The van der Waals surface area contributed by atoms with E-state index in [1.807, 2.05) is 20.8 Å². The Morgan fingerprint density at radius 1 is 1.33 bits per heavy atom. The Kier molecular flexibility index (Phi) is 3.56. The third-order valence-electron chi connectivity index (χ3n) is 3.89. The average molecular weight is 255 g/mol.